The van der Waals surface area contributed by atoms with Gasteiger partial charge in [-0.1, -0.05) is 24.3 Å². The Hall–Kier alpha value is -3.25. The molecule has 0 spiro atoms. The van der Waals surface area contributed by atoms with Crippen LogP contribution in [0.5, 0.6) is 11.5 Å². The van der Waals surface area contributed by atoms with Gasteiger partial charge in [0.25, 0.3) is 10.0 Å². The maximum absolute atomic E-state index is 13.1. The highest BCUT2D eigenvalue weighted by atomic mass is 32.2. The van der Waals surface area contributed by atoms with E-state index in [4.69, 9.17) is 16.2 Å². The molecule has 9 nitrogen and oxygen atoms in total. The van der Waals surface area contributed by atoms with Crippen LogP contribution in [0.15, 0.2) is 76.3 Å². The Balaban J connectivity index is 1.64. The number of hydrogen-bond donors (Lipinski definition) is 2. The minimum absolute atomic E-state index is 0.0581. The second-order valence-corrected chi connectivity index (χ2v) is 10.7. The number of carbonyl (C=O) groups is 2. The summed E-state index contributed by atoms with van der Waals surface area (Å²) >= 11 is 1.05. The largest absolute Gasteiger partial charge is 0.457 e. The van der Waals surface area contributed by atoms with Crippen molar-refractivity contribution in [2.24, 2.45) is 11.5 Å². The Morgan fingerprint density at radius 1 is 0.970 bits per heavy atom. The quantitative estimate of drug-likeness (QED) is 0.516. The standard InChI is InChI=1S/C22H22N4O5S2/c23-21(27)19-15-26(22(24)28,13-12-25(19)33(29,30)20-7-4-14-32-20)16-8-10-18(11-9-16)31-17-5-2-1-3-6-17/h1-11,14,19H,12-13,15H2,(H3-,23,24,27,28)/p+1. The number of ether oxygens (including phenoxy) is 1. The van der Waals surface area contributed by atoms with E-state index in [-0.39, 0.29) is 23.8 Å². The highest BCUT2D eigenvalue weighted by molar-refractivity contribution is 7.91. The van der Waals surface area contributed by atoms with Crippen LogP contribution in [-0.4, -0.2) is 50.3 Å². The smallest absolute Gasteiger partial charge is 0.419 e. The predicted octanol–water partition coefficient (Wildman–Crippen LogP) is 2.48. The van der Waals surface area contributed by atoms with Crippen LogP contribution in [0.25, 0.3) is 0 Å². The molecule has 11 heteroatoms. The van der Waals surface area contributed by atoms with Crippen molar-refractivity contribution in [2.45, 2.75) is 10.3 Å². The molecule has 4 rings (SSSR count). The van der Waals surface area contributed by atoms with Crippen molar-refractivity contribution in [1.29, 1.82) is 0 Å². The number of para-hydroxylation sites is 1. The molecule has 0 radical (unpaired) electrons. The maximum Gasteiger partial charge on any atom is 0.419 e. The zero-order valence-electron chi connectivity index (χ0n) is 17.5. The number of carbonyl (C=O) groups excluding carboxylic acids is 2. The lowest BCUT2D eigenvalue weighted by Gasteiger charge is -2.43. The van der Waals surface area contributed by atoms with Gasteiger partial charge in [0, 0.05) is 12.1 Å². The summed E-state index contributed by atoms with van der Waals surface area (Å²) in [5.74, 6) is 0.366. The van der Waals surface area contributed by atoms with Crippen molar-refractivity contribution in [3.63, 3.8) is 0 Å². The number of rotatable bonds is 6. The molecule has 1 aliphatic rings. The molecule has 33 heavy (non-hydrogen) atoms. The fourth-order valence-electron chi connectivity index (χ4n) is 3.93. The topological polar surface area (TPSA) is 133 Å². The predicted molar refractivity (Wildman–Crippen MR) is 125 cm³/mol. The molecule has 2 aromatic carbocycles. The average Bonchev–Trinajstić information content (AvgIpc) is 3.36. The molecule has 3 amide bonds. The molecule has 2 unspecified atom stereocenters. The molecule has 2 heterocycles. The van der Waals surface area contributed by atoms with Gasteiger partial charge in [0.1, 0.15) is 34.5 Å². The van der Waals surface area contributed by atoms with Crippen LogP contribution in [0.2, 0.25) is 0 Å². The summed E-state index contributed by atoms with van der Waals surface area (Å²) < 4.78 is 32.7. The second kappa shape index (κ2) is 8.94. The minimum atomic E-state index is -3.94. The Morgan fingerprint density at radius 2 is 1.64 bits per heavy atom. The Kier molecular flexibility index (Phi) is 6.21. The van der Waals surface area contributed by atoms with Gasteiger partial charge in [0.05, 0.1) is 6.54 Å². The number of nitrogens with zero attached hydrogens (tertiary/aromatic N) is 2. The van der Waals surface area contributed by atoms with E-state index in [1.807, 2.05) is 30.3 Å². The molecule has 4 N–H and O–H groups in total. The molecule has 1 fully saturated rings. The first kappa shape index (κ1) is 22.9. The monoisotopic (exact) mass is 487 g/mol. The lowest BCUT2D eigenvalue weighted by molar-refractivity contribution is -0.122. The van der Waals surface area contributed by atoms with E-state index in [0.717, 1.165) is 15.6 Å². The van der Waals surface area contributed by atoms with Crippen LogP contribution in [0, 0.1) is 0 Å². The summed E-state index contributed by atoms with van der Waals surface area (Å²) in [5.41, 5.74) is 11.9. The van der Waals surface area contributed by atoms with Gasteiger partial charge in [-0.2, -0.15) is 4.31 Å². The third-order valence-electron chi connectivity index (χ3n) is 5.65. The normalized spacial score (nSPS) is 21.4. The van der Waals surface area contributed by atoms with Crippen LogP contribution in [0.4, 0.5) is 10.5 Å². The molecule has 172 valence electrons. The molecule has 1 aromatic heterocycles. The Bertz CT molecular complexity index is 1250. The van der Waals surface area contributed by atoms with Crippen molar-refractivity contribution >= 4 is 39.0 Å². The SMILES string of the molecule is NC(=O)C1C[N+](C(N)=O)(c2ccc(Oc3ccccc3)cc2)CCN1S(=O)(=O)c1cccs1. The summed E-state index contributed by atoms with van der Waals surface area (Å²) in [6, 6.07) is 17.1. The van der Waals surface area contributed by atoms with Crippen molar-refractivity contribution in [1.82, 2.24) is 8.79 Å². The highest BCUT2D eigenvalue weighted by Crippen LogP contribution is 2.33. The summed E-state index contributed by atoms with van der Waals surface area (Å²) in [4.78, 5) is 25.0. The lowest BCUT2D eigenvalue weighted by atomic mass is 10.1. The zero-order valence-corrected chi connectivity index (χ0v) is 19.2. The molecular formula is C22H23N4O5S2+. The fourth-order valence-corrected chi connectivity index (χ4v) is 6.63. The van der Waals surface area contributed by atoms with Gasteiger partial charge in [0.2, 0.25) is 5.91 Å². The number of primary amides is 2. The van der Waals surface area contributed by atoms with Gasteiger partial charge in [-0.15, -0.1) is 11.3 Å². The molecule has 0 aliphatic carbocycles. The van der Waals surface area contributed by atoms with E-state index >= 15 is 0 Å². The highest BCUT2D eigenvalue weighted by Gasteiger charge is 2.51. The summed E-state index contributed by atoms with van der Waals surface area (Å²) in [6.07, 6.45) is 0. The molecular weight excluding hydrogens is 464 g/mol. The summed E-state index contributed by atoms with van der Waals surface area (Å²) in [5, 5.41) is 1.64. The maximum atomic E-state index is 13.1. The van der Waals surface area contributed by atoms with E-state index in [1.165, 1.54) is 6.07 Å². The van der Waals surface area contributed by atoms with Gasteiger partial charge in [-0.25, -0.2) is 17.7 Å². The van der Waals surface area contributed by atoms with Crippen LogP contribution in [0.1, 0.15) is 0 Å². The number of quaternary nitrogens is 1. The van der Waals surface area contributed by atoms with Gasteiger partial charge in [-0.05, 0) is 35.7 Å². The molecule has 2 atom stereocenters. The van der Waals surface area contributed by atoms with Crippen molar-refractivity contribution in [3.8, 4) is 11.5 Å². The number of amides is 3. The van der Waals surface area contributed by atoms with Crippen LogP contribution in [0.3, 0.4) is 0 Å². The Labute approximate surface area is 195 Å². The Morgan fingerprint density at radius 3 is 2.21 bits per heavy atom. The molecule has 1 aliphatic heterocycles. The number of nitrogens with two attached hydrogens (primary N) is 2. The van der Waals surface area contributed by atoms with Gasteiger partial charge >= 0.3 is 6.03 Å². The first-order valence-corrected chi connectivity index (χ1v) is 12.4. The number of piperazine rings is 1. The average molecular weight is 488 g/mol. The third kappa shape index (κ3) is 4.35. The number of thiophene rings is 1. The van der Waals surface area contributed by atoms with E-state index in [9.17, 15) is 18.0 Å². The second-order valence-electron chi connectivity index (χ2n) is 7.59. The first-order valence-electron chi connectivity index (χ1n) is 10.1. The van der Waals surface area contributed by atoms with Crippen molar-refractivity contribution < 1.29 is 22.7 Å². The number of benzene rings is 2. The van der Waals surface area contributed by atoms with Gasteiger partial charge < -0.3 is 16.2 Å². The zero-order chi connectivity index (χ0) is 23.6. The molecule has 1 saturated heterocycles. The number of hydrogen-bond acceptors (Lipinski definition) is 6. The van der Waals surface area contributed by atoms with E-state index in [0.29, 0.717) is 17.2 Å². The minimum Gasteiger partial charge on any atom is -0.457 e. The van der Waals surface area contributed by atoms with Crippen LogP contribution >= 0.6 is 11.3 Å². The van der Waals surface area contributed by atoms with Gasteiger partial charge in [0.15, 0.2) is 6.04 Å². The number of urea groups is 1. The van der Waals surface area contributed by atoms with E-state index < -0.39 is 32.5 Å². The lowest BCUT2D eigenvalue weighted by Crippen LogP contribution is -2.71. The number of sulfonamides is 1. The molecule has 0 saturated carbocycles. The van der Waals surface area contributed by atoms with Crippen LogP contribution < -0.4 is 20.7 Å². The molecule has 3 aromatic rings. The van der Waals surface area contributed by atoms with E-state index in [2.05, 4.69) is 0 Å². The fraction of sp³-hybridized carbons (Fsp3) is 0.182. The van der Waals surface area contributed by atoms with Crippen molar-refractivity contribution in [2.75, 3.05) is 19.6 Å². The van der Waals surface area contributed by atoms with Gasteiger partial charge in [-0.3, -0.25) is 4.79 Å². The van der Waals surface area contributed by atoms with Crippen molar-refractivity contribution in [3.05, 3.63) is 72.1 Å². The first-order chi connectivity index (χ1) is 15.7. The molecule has 0 bridgehead atoms. The van der Waals surface area contributed by atoms with E-state index in [1.54, 1.807) is 35.7 Å². The summed E-state index contributed by atoms with van der Waals surface area (Å²) in [6.45, 7) is -0.240. The third-order valence-corrected chi connectivity index (χ3v) is 8.93. The van der Waals surface area contributed by atoms with Crippen LogP contribution in [-0.2, 0) is 14.8 Å². The summed E-state index contributed by atoms with van der Waals surface area (Å²) in [7, 11) is -3.94.